The monoisotopic (exact) mass is 209 g/mol. The number of ether oxygens (including phenoxy) is 1. The number of Topliss-reactive ketones (excluding diaryl/α,β-unsaturated/α-hetero) is 1. The molecule has 2 rings (SSSR count). The normalized spacial score (nSPS) is 17.9. The van der Waals surface area contributed by atoms with Gasteiger partial charge in [-0.1, -0.05) is 0 Å². The molecule has 0 bridgehead atoms. The van der Waals surface area contributed by atoms with Crippen LogP contribution < -0.4 is 0 Å². The molecule has 0 saturated carbocycles. The molecule has 0 radical (unpaired) electrons. The lowest BCUT2D eigenvalue weighted by Crippen LogP contribution is -2.17. The number of carbonyl (C=O) groups excluding carboxylic acids is 1. The van der Waals surface area contributed by atoms with Crippen molar-refractivity contribution in [3.05, 3.63) is 17.8 Å². The van der Waals surface area contributed by atoms with Gasteiger partial charge in [0.15, 0.2) is 11.7 Å². The minimum atomic E-state index is -0.0445. The SMILES string of the molecule is CC(=O)c1coc(CC2CCOCC2)n1. The lowest BCUT2D eigenvalue weighted by molar-refractivity contribution is 0.0646. The van der Waals surface area contributed by atoms with E-state index in [0.717, 1.165) is 32.5 Å². The van der Waals surface area contributed by atoms with Gasteiger partial charge in [0.25, 0.3) is 0 Å². The summed E-state index contributed by atoms with van der Waals surface area (Å²) in [4.78, 5) is 15.2. The van der Waals surface area contributed by atoms with Gasteiger partial charge in [-0.3, -0.25) is 4.79 Å². The van der Waals surface area contributed by atoms with Crippen LogP contribution in [0, 0.1) is 5.92 Å². The van der Waals surface area contributed by atoms with Crippen LogP contribution in [0.25, 0.3) is 0 Å². The molecular weight excluding hydrogens is 194 g/mol. The van der Waals surface area contributed by atoms with E-state index < -0.39 is 0 Å². The van der Waals surface area contributed by atoms with E-state index in [1.54, 1.807) is 0 Å². The smallest absolute Gasteiger partial charge is 0.194 e. The molecule has 0 aliphatic carbocycles. The maximum atomic E-state index is 11.0. The van der Waals surface area contributed by atoms with Gasteiger partial charge < -0.3 is 9.15 Å². The Bertz CT molecular complexity index is 339. The Morgan fingerprint density at radius 2 is 2.27 bits per heavy atom. The zero-order valence-corrected chi connectivity index (χ0v) is 8.86. The number of hydrogen-bond donors (Lipinski definition) is 0. The van der Waals surface area contributed by atoms with Gasteiger partial charge in [0.1, 0.15) is 12.0 Å². The number of nitrogens with zero attached hydrogens (tertiary/aromatic N) is 1. The number of rotatable bonds is 3. The van der Waals surface area contributed by atoms with Gasteiger partial charge in [-0.15, -0.1) is 0 Å². The summed E-state index contributed by atoms with van der Waals surface area (Å²) in [5, 5.41) is 0. The van der Waals surface area contributed by atoms with Crippen molar-refractivity contribution < 1.29 is 13.9 Å². The second-order valence-electron chi connectivity index (χ2n) is 3.94. The van der Waals surface area contributed by atoms with Crippen LogP contribution >= 0.6 is 0 Å². The zero-order valence-electron chi connectivity index (χ0n) is 8.86. The molecule has 0 atom stereocenters. The summed E-state index contributed by atoms with van der Waals surface area (Å²) in [5.41, 5.74) is 0.428. The van der Waals surface area contributed by atoms with Crippen molar-refractivity contribution in [3.63, 3.8) is 0 Å². The first-order valence-electron chi connectivity index (χ1n) is 5.29. The van der Waals surface area contributed by atoms with E-state index in [9.17, 15) is 4.79 Å². The van der Waals surface area contributed by atoms with Crippen molar-refractivity contribution in [2.45, 2.75) is 26.2 Å². The molecule has 0 spiro atoms. The van der Waals surface area contributed by atoms with Crippen molar-refractivity contribution in [1.82, 2.24) is 4.98 Å². The Kier molecular flexibility index (Phi) is 3.16. The van der Waals surface area contributed by atoms with Crippen molar-refractivity contribution in [2.24, 2.45) is 5.92 Å². The second kappa shape index (κ2) is 4.57. The minimum Gasteiger partial charge on any atom is -0.448 e. The predicted octanol–water partition coefficient (Wildman–Crippen LogP) is 1.85. The van der Waals surface area contributed by atoms with Crippen LogP contribution in [-0.4, -0.2) is 24.0 Å². The van der Waals surface area contributed by atoms with Crippen LogP contribution in [0.1, 0.15) is 36.1 Å². The average Bonchev–Trinajstić information content (AvgIpc) is 2.68. The summed E-state index contributed by atoms with van der Waals surface area (Å²) in [6, 6.07) is 0. The quantitative estimate of drug-likeness (QED) is 0.713. The maximum Gasteiger partial charge on any atom is 0.194 e. The van der Waals surface area contributed by atoms with Gasteiger partial charge in [0.2, 0.25) is 0 Å². The van der Waals surface area contributed by atoms with E-state index in [-0.39, 0.29) is 5.78 Å². The first-order chi connectivity index (χ1) is 7.25. The van der Waals surface area contributed by atoms with Crippen LogP contribution in [0.3, 0.4) is 0 Å². The molecule has 2 heterocycles. The van der Waals surface area contributed by atoms with Crippen LogP contribution in [0.5, 0.6) is 0 Å². The van der Waals surface area contributed by atoms with E-state index in [0.29, 0.717) is 17.5 Å². The third-order valence-corrected chi connectivity index (χ3v) is 2.72. The average molecular weight is 209 g/mol. The molecule has 4 heteroatoms. The van der Waals surface area contributed by atoms with Crippen LogP contribution in [0.2, 0.25) is 0 Å². The van der Waals surface area contributed by atoms with Crippen LogP contribution in [0.4, 0.5) is 0 Å². The molecule has 82 valence electrons. The minimum absolute atomic E-state index is 0.0445. The first kappa shape index (κ1) is 10.4. The topological polar surface area (TPSA) is 52.3 Å². The van der Waals surface area contributed by atoms with Crippen molar-refractivity contribution >= 4 is 5.78 Å². The first-order valence-corrected chi connectivity index (χ1v) is 5.29. The highest BCUT2D eigenvalue weighted by atomic mass is 16.5. The lowest BCUT2D eigenvalue weighted by Gasteiger charge is -2.20. The fourth-order valence-electron chi connectivity index (χ4n) is 1.76. The molecule has 1 saturated heterocycles. The summed E-state index contributed by atoms with van der Waals surface area (Å²) in [6.45, 7) is 3.14. The number of carbonyl (C=O) groups is 1. The van der Waals surface area contributed by atoms with Crippen LogP contribution in [-0.2, 0) is 11.2 Å². The van der Waals surface area contributed by atoms with E-state index in [2.05, 4.69) is 4.98 Å². The van der Waals surface area contributed by atoms with Gasteiger partial charge >= 0.3 is 0 Å². The van der Waals surface area contributed by atoms with E-state index in [4.69, 9.17) is 9.15 Å². The Balaban J connectivity index is 1.94. The summed E-state index contributed by atoms with van der Waals surface area (Å²) in [7, 11) is 0. The third kappa shape index (κ3) is 2.65. The van der Waals surface area contributed by atoms with Crippen molar-refractivity contribution in [2.75, 3.05) is 13.2 Å². The number of aromatic nitrogens is 1. The van der Waals surface area contributed by atoms with Gasteiger partial charge in [0, 0.05) is 26.6 Å². The van der Waals surface area contributed by atoms with Crippen molar-refractivity contribution in [3.8, 4) is 0 Å². The molecule has 4 nitrogen and oxygen atoms in total. The molecule has 1 aliphatic heterocycles. The highest BCUT2D eigenvalue weighted by molar-refractivity contribution is 5.91. The molecule has 1 fully saturated rings. The summed E-state index contributed by atoms with van der Waals surface area (Å²) in [6.07, 6.45) is 4.36. The zero-order chi connectivity index (χ0) is 10.7. The molecule has 0 unspecified atom stereocenters. The third-order valence-electron chi connectivity index (χ3n) is 2.72. The largest absolute Gasteiger partial charge is 0.448 e. The highest BCUT2D eigenvalue weighted by Gasteiger charge is 2.17. The molecule has 1 aromatic heterocycles. The lowest BCUT2D eigenvalue weighted by atomic mass is 9.97. The van der Waals surface area contributed by atoms with E-state index in [1.807, 2.05) is 0 Å². The Labute approximate surface area is 88.6 Å². The molecule has 1 aliphatic rings. The fraction of sp³-hybridized carbons (Fsp3) is 0.636. The van der Waals surface area contributed by atoms with E-state index >= 15 is 0 Å². The highest BCUT2D eigenvalue weighted by Crippen LogP contribution is 2.19. The molecule has 0 aromatic carbocycles. The number of hydrogen-bond acceptors (Lipinski definition) is 4. The second-order valence-corrected chi connectivity index (χ2v) is 3.94. The van der Waals surface area contributed by atoms with Gasteiger partial charge in [-0.05, 0) is 18.8 Å². The van der Waals surface area contributed by atoms with Gasteiger partial charge in [-0.2, -0.15) is 0 Å². The fourth-order valence-corrected chi connectivity index (χ4v) is 1.76. The standard InChI is InChI=1S/C11H15NO3/c1-8(13)10-7-15-11(12-10)6-9-2-4-14-5-3-9/h7,9H,2-6H2,1H3. The maximum absolute atomic E-state index is 11.0. The number of ketones is 1. The molecule has 0 amide bonds. The predicted molar refractivity (Wildman–Crippen MR) is 53.8 cm³/mol. The van der Waals surface area contributed by atoms with Gasteiger partial charge in [0.05, 0.1) is 0 Å². The Morgan fingerprint density at radius 3 is 2.87 bits per heavy atom. The van der Waals surface area contributed by atoms with Gasteiger partial charge in [-0.25, -0.2) is 4.98 Å². The molecule has 15 heavy (non-hydrogen) atoms. The Morgan fingerprint density at radius 1 is 1.53 bits per heavy atom. The molecular formula is C11H15NO3. The molecule has 0 N–H and O–H groups in total. The Hall–Kier alpha value is -1.16. The summed E-state index contributed by atoms with van der Waals surface area (Å²) >= 11 is 0. The van der Waals surface area contributed by atoms with E-state index in [1.165, 1.54) is 13.2 Å². The molecule has 1 aromatic rings. The summed E-state index contributed by atoms with van der Waals surface area (Å²) in [5.74, 6) is 1.21. The van der Waals surface area contributed by atoms with Crippen LogP contribution in [0.15, 0.2) is 10.7 Å². The van der Waals surface area contributed by atoms with Crippen molar-refractivity contribution in [1.29, 1.82) is 0 Å². The number of oxazole rings is 1. The summed E-state index contributed by atoms with van der Waals surface area (Å²) < 4.78 is 10.5.